The fourth-order valence-corrected chi connectivity index (χ4v) is 6.72. The quantitative estimate of drug-likeness (QED) is 0.377. The van der Waals surface area contributed by atoms with E-state index in [1.54, 1.807) is 11.8 Å². The lowest BCUT2D eigenvalue weighted by atomic mass is 9.58. The Morgan fingerprint density at radius 2 is 2.00 bits per heavy atom. The minimum atomic E-state index is -0.734. The van der Waals surface area contributed by atoms with E-state index >= 15 is 0 Å². The van der Waals surface area contributed by atoms with Crippen molar-refractivity contribution in [3.63, 3.8) is 0 Å². The molecular weight excluding hydrogens is 384 g/mol. The van der Waals surface area contributed by atoms with Crippen molar-refractivity contribution in [2.45, 2.75) is 76.0 Å². The van der Waals surface area contributed by atoms with Crippen LogP contribution in [0.15, 0.2) is 0 Å². The molecule has 4 saturated heterocycles. The van der Waals surface area contributed by atoms with Gasteiger partial charge in [0.2, 0.25) is 5.79 Å². The smallest absolute Gasteiger partial charge is 0.438 e. The Labute approximate surface area is 171 Å². The molecule has 160 valence electrons. The Balaban J connectivity index is 1.45. The standard InChI is InChI=1S/C20H32O7S/c1-12-6-7-15-13(2)16(28-11-5-10-23-18(21)22-4)24-17-20(15)14(12)8-9-19(3,25-17)26-27-20/h12-17H,5-11H2,1-4H3/t12-,13-,14+,15+,16+,17-,19+,20-/m1/s1. The number of carbonyl (C=O) groups is 1. The number of thioether (sulfide) groups is 1. The molecule has 5 rings (SSSR count). The molecule has 2 bridgehead atoms. The fourth-order valence-electron chi connectivity index (χ4n) is 5.54. The zero-order chi connectivity index (χ0) is 19.9. The molecule has 0 N–H and O–H groups in total. The SMILES string of the molecule is COC(=O)OCCCS[C@@H]1O[C@@H]2O[C@]3(C)CC[C@H]4[C@H](C)CC[C@@H]([C@H]1C)[C@@]24OO3. The van der Waals surface area contributed by atoms with Gasteiger partial charge in [0.25, 0.3) is 0 Å². The number of hydrogen-bond donors (Lipinski definition) is 0. The first-order valence-corrected chi connectivity index (χ1v) is 11.5. The van der Waals surface area contributed by atoms with Crippen LogP contribution in [0.3, 0.4) is 0 Å². The number of rotatable bonds is 5. The summed E-state index contributed by atoms with van der Waals surface area (Å²) in [5.74, 6) is 1.74. The molecule has 28 heavy (non-hydrogen) atoms. The van der Waals surface area contributed by atoms with Gasteiger partial charge in [-0.05, 0) is 56.1 Å². The van der Waals surface area contributed by atoms with Crippen LogP contribution < -0.4 is 0 Å². The Kier molecular flexibility index (Phi) is 5.88. The van der Waals surface area contributed by atoms with Crippen molar-refractivity contribution in [1.82, 2.24) is 0 Å². The highest BCUT2D eigenvalue weighted by Gasteiger charge is 2.69. The second kappa shape index (κ2) is 7.95. The molecule has 1 spiro atoms. The molecule has 0 aromatic carbocycles. The minimum Gasteiger partial charge on any atom is -0.438 e. The second-order valence-corrected chi connectivity index (χ2v) is 10.0. The van der Waals surface area contributed by atoms with E-state index in [-0.39, 0.29) is 5.44 Å². The van der Waals surface area contributed by atoms with E-state index in [9.17, 15) is 4.79 Å². The number of methoxy groups -OCH3 is 1. The van der Waals surface area contributed by atoms with E-state index in [0.29, 0.717) is 30.3 Å². The maximum Gasteiger partial charge on any atom is 0.507 e. The van der Waals surface area contributed by atoms with Crippen molar-refractivity contribution in [3.05, 3.63) is 0 Å². The lowest BCUT2D eigenvalue weighted by Crippen LogP contribution is -2.70. The first-order chi connectivity index (χ1) is 13.4. The van der Waals surface area contributed by atoms with Crippen molar-refractivity contribution >= 4 is 17.9 Å². The van der Waals surface area contributed by atoms with Crippen LogP contribution in [0.5, 0.6) is 0 Å². The van der Waals surface area contributed by atoms with E-state index in [1.807, 2.05) is 6.92 Å². The van der Waals surface area contributed by atoms with Crippen molar-refractivity contribution < 1.29 is 33.5 Å². The lowest BCUT2D eigenvalue weighted by molar-refractivity contribution is -0.568. The zero-order valence-corrected chi connectivity index (χ0v) is 18.0. The predicted octanol–water partition coefficient (Wildman–Crippen LogP) is 4.10. The first-order valence-electron chi connectivity index (χ1n) is 10.4. The van der Waals surface area contributed by atoms with Crippen molar-refractivity contribution in [1.29, 1.82) is 0 Å². The molecule has 0 aromatic rings. The maximum atomic E-state index is 11.0. The number of ether oxygens (including phenoxy) is 4. The maximum absolute atomic E-state index is 11.0. The highest BCUT2D eigenvalue weighted by atomic mass is 32.2. The van der Waals surface area contributed by atoms with Crippen LogP contribution in [-0.2, 0) is 28.7 Å². The van der Waals surface area contributed by atoms with Gasteiger partial charge in [-0.15, -0.1) is 11.8 Å². The van der Waals surface area contributed by atoms with Crippen LogP contribution in [0, 0.1) is 23.7 Å². The molecule has 1 saturated carbocycles. The first kappa shape index (κ1) is 20.7. The molecule has 4 heterocycles. The van der Waals surface area contributed by atoms with Gasteiger partial charge in [-0.3, -0.25) is 0 Å². The summed E-state index contributed by atoms with van der Waals surface area (Å²) >= 11 is 1.76. The summed E-state index contributed by atoms with van der Waals surface area (Å²) in [5, 5.41) is 0. The molecule has 0 amide bonds. The topological polar surface area (TPSA) is 72.5 Å². The van der Waals surface area contributed by atoms with E-state index in [2.05, 4.69) is 18.6 Å². The Morgan fingerprint density at radius 3 is 2.79 bits per heavy atom. The zero-order valence-electron chi connectivity index (χ0n) is 17.2. The van der Waals surface area contributed by atoms with E-state index in [0.717, 1.165) is 31.4 Å². The molecular formula is C20H32O7S. The molecule has 0 unspecified atom stereocenters. The summed E-state index contributed by atoms with van der Waals surface area (Å²) in [4.78, 5) is 23.0. The molecule has 5 fully saturated rings. The van der Waals surface area contributed by atoms with Gasteiger partial charge in [0.1, 0.15) is 5.44 Å². The van der Waals surface area contributed by atoms with Crippen molar-refractivity contribution in [2.75, 3.05) is 19.5 Å². The van der Waals surface area contributed by atoms with E-state index in [4.69, 9.17) is 24.0 Å². The van der Waals surface area contributed by atoms with Gasteiger partial charge in [-0.1, -0.05) is 13.8 Å². The summed E-state index contributed by atoms with van der Waals surface area (Å²) < 4.78 is 22.3. The summed E-state index contributed by atoms with van der Waals surface area (Å²) in [6.45, 7) is 6.88. The van der Waals surface area contributed by atoms with Crippen LogP contribution in [-0.4, -0.2) is 48.7 Å². The largest absolute Gasteiger partial charge is 0.507 e. The van der Waals surface area contributed by atoms with Crippen LogP contribution in [0.2, 0.25) is 0 Å². The normalized spacial score (nSPS) is 47.1. The molecule has 0 aromatic heterocycles. The van der Waals surface area contributed by atoms with Gasteiger partial charge in [-0.25, -0.2) is 14.6 Å². The molecule has 5 aliphatic rings. The fraction of sp³-hybridized carbons (Fsp3) is 0.950. The highest BCUT2D eigenvalue weighted by Crippen LogP contribution is 2.61. The molecule has 8 heteroatoms. The minimum absolute atomic E-state index is 0.0272. The molecule has 8 atom stereocenters. The van der Waals surface area contributed by atoms with Crippen molar-refractivity contribution in [2.24, 2.45) is 23.7 Å². The highest BCUT2D eigenvalue weighted by molar-refractivity contribution is 7.99. The summed E-state index contributed by atoms with van der Waals surface area (Å²) in [7, 11) is 1.31. The average molecular weight is 417 g/mol. The third-order valence-corrected chi connectivity index (χ3v) is 8.45. The molecule has 1 aliphatic carbocycles. The third-order valence-electron chi connectivity index (χ3n) is 7.05. The molecule has 0 radical (unpaired) electrons. The second-order valence-electron chi connectivity index (χ2n) is 8.80. The average Bonchev–Trinajstić information content (AvgIpc) is 2.91. The van der Waals surface area contributed by atoms with Crippen LogP contribution in [0.25, 0.3) is 0 Å². The lowest BCUT2D eigenvalue weighted by Gasteiger charge is -2.60. The van der Waals surface area contributed by atoms with Crippen molar-refractivity contribution in [3.8, 4) is 0 Å². The van der Waals surface area contributed by atoms with Crippen LogP contribution in [0.1, 0.15) is 52.9 Å². The van der Waals surface area contributed by atoms with Gasteiger partial charge in [-0.2, -0.15) is 0 Å². The molecule has 4 aliphatic heterocycles. The van der Waals surface area contributed by atoms with Gasteiger partial charge in [0, 0.05) is 12.3 Å². The van der Waals surface area contributed by atoms with Gasteiger partial charge in [0.05, 0.1) is 13.7 Å². The monoisotopic (exact) mass is 416 g/mol. The van der Waals surface area contributed by atoms with E-state index < -0.39 is 23.8 Å². The Morgan fingerprint density at radius 1 is 1.18 bits per heavy atom. The summed E-state index contributed by atoms with van der Waals surface area (Å²) in [6.07, 6.45) is 3.90. The number of carbonyl (C=O) groups excluding carboxylic acids is 1. The third kappa shape index (κ3) is 3.45. The van der Waals surface area contributed by atoms with Crippen LogP contribution >= 0.6 is 11.8 Å². The Bertz CT molecular complexity index is 589. The summed E-state index contributed by atoms with van der Waals surface area (Å²) in [6, 6.07) is 0. The number of hydrogen-bond acceptors (Lipinski definition) is 8. The van der Waals surface area contributed by atoms with Gasteiger partial charge in [0.15, 0.2) is 11.9 Å². The summed E-state index contributed by atoms with van der Waals surface area (Å²) in [5.41, 5.74) is -0.475. The Hall–Kier alpha value is -0.540. The van der Waals surface area contributed by atoms with Crippen LogP contribution in [0.4, 0.5) is 4.79 Å². The van der Waals surface area contributed by atoms with E-state index in [1.165, 1.54) is 13.5 Å². The molecule has 7 nitrogen and oxygen atoms in total. The van der Waals surface area contributed by atoms with Gasteiger partial charge >= 0.3 is 6.16 Å². The number of fused-ring (bicyclic) bond motifs is 2. The predicted molar refractivity (Wildman–Crippen MR) is 102 cm³/mol. The van der Waals surface area contributed by atoms with Gasteiger partial charge < -0.3 is 18.9 Å².